The van der Waals surface area contributed by atoms with Gasteiger partial charge in [0, 0.05) is 25.7 Å². The normalized spacial score (nSPS) is 16.8. The maximum atomic E-state index is 10.9. The number of rotatable bonds is 6. The number of nitrogens with zero attached hydrogens (tertiary/aromatic N) is 1. The van der Waals surface area contributed by atoms with E-state index in [-0.39, 0.29) is 12.5 Å². The van der Waals surface area contributed by atoms with Gasteiger partial charge in [-0.2, -0.15) is 0 Å². The van der Waals surface area contributed by atoms with Crippen molar-refractivity contribution in [2.45, 2.75) is 19.4 Å². The van der Waals surface area contributed by atoms with Crippen molar-refractivity contribution < 1.29 is 19.4 Å². The molecule has 6 heteroatoms. The van der Waals surface area contributed by atoms with Crippen LogP contribution < -0.4 is 10.2 Å². The Hall–Kier alpha value is -1.53. The van der Waals surface area contributed by atoms with Crippen LogP contribution in [-0.2, 0) is 11.3 Å². The fourth-order valence-corrected chi connectivity index (χ4v) is 2.27. The molecule has 106 valence electrons. The molecule has 0 atom stereocenters. The second-order valence-electron chi connectivity index (χ2n) is 4.74. The van der Waals surface area contributed by atoms with Crippen molar-refractivity contribution in [2.75, 3.05) is 31.1 Å². The first-order chi connectivity index (χ1) is 9.20. The predicted octanol–water partition coefficient (Wildman–Crippen LogP) is 0.662. The Morgan fingerprint density at radius 1 is 1.42 bits per heavy atom. The number of hydrogen-bond acceptors (Lipinski definition) is 5. The van der Waals surface area contributed by atoms with Crippen LogP contribution in [0.5, 0.6) is 0 Å². The molecule has 1 aliphatic rings. The summed E-state index contributed by atoms with van der Waals surface area (Å²) in [6, 6.07) is 3.82. The number of nitrogens with one attached hydrogen (secondary N) is 1. The van der Waals surface area contributed by atoms with Crippen LogP contribution in [-0.4, -0.2) is 42.4 Å². The lowest BCUT2D eigenvalue weighted by molar-refractivity contribution is -0.142. The molecule has 1 aliphatic heterocycles. The zero-order chi connectivity index (χ0) is 13.7. The van der Waals surface area contributed by atoms with Gasteiger partial charge in [-0.25, -0.2) is 0 Å². The number of aliphatic carboxylic acids is 1. The molecule has 0 aliphatic carbocycles. The fourth-order valence-electron chi connectivity index (χ4n) is 2.27. The van der Waals surface area contributed by atoms with Crippen LogP contribution in [0.1, 0.15) is 18.6 Å². The molecule has 2 rings (SSSR count). The molecule has 0 amide bonds. The number of carboxylic acids is 1. The first-order valence-electron chi connectivity index (χ1n) is 6.58. The third-order valence-corrected chi connectivity index (χ3v) is 3.39. The zero-order valence-corrected chi connectivity index (χ0v) is 10.8. The van der Waals surface area contributed by atoms with E-state index in [4.69, 9.17) is 14.6 Å². The average Bonchev–Trinajstić information content (AvgIpc) is 2.88. The molecule has 6 nitrogen and oxygen atoms in total. The molecule has 1 aromatic rings. The standard InChI is InChI=1S/C13H20N2O4/c16-8-5-14-9-11-1-2-12(19-11)15-6-3-10(4-7-15)13(17)18/h1-2,10,14,16H,3-9H2,(H,17,18). The lowest BCUT2D eigenvalue weighted by Gasteiger charge is -2.29. The Morgan fingerprint density at radius 3 is 2.79 bits per heavy atom. The summed E-state index contributed by atoms with van der Waals surface area (Å²) in [5.74, 6) is 0.693. The molecule has 0 unspecified atom stereocenters. The third-order valence-electron chi connectivity index (χ3n) is 3.39. The van der Waals surface area contributed by atoms with Gasteiger partial charge in [0.15, 0.2) is 5.88 Å². The quantitative estimate of drug-likeness (QED) is 0.657. The van der Waals surface area contributed by atoms with E-state index in [1.807, 2.05) is 12.1 Å². The number of anilines is 1. The number of piperidine rings is 1. The predicted molar refractivity (Wildman–Crippen MR) is 70.1 cm³/mol. The molecule has 0 radical (unpaired) electrons. The van der Waals surface area contributed by atoms with Crippen molar-refractivity contribution in [2.24, 2.45) is 5.92 Å². The van der Waals surface area contributed by atoms with E-state index in [0.29, 0.717) is 39.0 Å². The highest BCUT2D eigenvalue weighted by atomic mass is 16.4. The van der Waals surface area contributed by atoms with Gasteiger partial charge >= 0.3 is 5.97 Å². The van der Waals surface area contributed by atoms with Gasteiger partial charge in [-0.1, -0.05) is 0 Å². The van der Waals surface area contributed by atoms with Crippen LogP contribution in [0, 0.1) is 5.92 Å². The largest absolute Gasteiger partial charge is 0.481 e. The Balaban J connectivity index is 1.84. The van der Waals surface area contributed by atoms with Gasteiger partial charge in [0.1, 0.15) is 5.76 Å². The summed E-state index contributed by atoms with van der Waals surface area (Å²) in [5, 5.41) is 20.7. The number of hydrogen-bond donors (Lipinski definition) is 3. The molecule has 1 saturated heterocycles. The molecular weight excluding hydrogens is 248 g/mol. The maximum Gasteiger partial charge on any atom is 0.306 e. The molecular formula is C13H20N2O4. The fraction of sp³-hybridized carbons (Fsp3) is 0.615. The highest BCUT2D eigenvalue weighted by Gasteiger charge is 2.25. The minimum absolute atomic E-state index is 0.107. The van der Waals surface area contributed by atoms with Crippen LogP contribution >= 0.6 is 0 Å². The maximum absolute atomic E-state index is 10.9. The topological polar surface area (TPSA) is 85.9 Å². The first-order valence-corrected chi connectivity index (χ1v) is 6.58. The van der Waals surface area contributed by atoms with E-state index >= 15 is 0 Å². The highest BCUT2D eigenvalue weighted by molar-refractivity contribution is 5.70. The summed E-state index contributed by atoms with van der Waals surface area (Å²) in [7, 11) is 0. The lowest BCUT2D eigenvalue weighted by Crippen LogP contribution is -2.36. The summed E-state index contributed by atoms with van der Waals surface area (Å²) in [6.45, 7) is 2.67. The smallest absolute Gasteiger partial charge is 0.306 e. The Bertz CT molecular complexity index is 411. The Kier molecular flexibility index (Phi) is 4.81. The van der Waals surface area contributed by atoms with E-state index in [2.05, 4.69) is 10.2 Å². The molecule has 0 saturated carbocycles. The summed E-state index contributed by atoms with van der Waals surface area (Å²) in [6.07, 6.45) is 1.32. The minimum Gasteiger partial charge on any atom is -0.481 e. The van der Waals surface area contributed by atoms with Gasteiger partial charge in [-0.05, 0) is 18.9 Å². The van der Waals surface area contributed by atoms with Crippen molar-refractivity contribution in [3.63, 3.8) is 0 Å². The van der Waals surface area contributed by atoms with Gasteiger partial charge < -0.3 is 24.8 Å². The van der Waals surface area contributed by atoms with E-state index in [1.54, 1.807) is 0 Å². The van der Waals surface area contributed by atoms with E-state index in [9.17, 15) is 4.79 Å². The van der Waals surface area contributed by atoms with Crippen molar-refractivity contribution >= 4 is 11.9 Å². The third kappa shape index (κ3) is 3.71. The average molecular weight is 268 g/mol. The minimum atomic E-state index is -0.701. The van der Waals surface area contributed by atoms with Gasteiger partial charge in [-0.3, -0.25) is 4.79 Å². The van der Waals surface area contributed by atoms with Gasteiger partial charge in [0.25, 0.3) is 0 Å². The second kappa shape index (κ2) is 6.58. The summed E-state index contributed by atoms with van der Waals surface area (Å²) in [4.78, 5) is 13.0. The number of furan rings is 1. The van der Waals surface area contributed by atoms with Gasteiger partial charge in [-0.15, -0.1) is 0 Å². The second-order valence-corrected chi connectivity index (χ2v) is 4.74. The monoisotopic (exact) mass is 268 g/mol. The molecule has 1 aromatic heterocycles. The number of aliphatic hydroxyl groups is 1. The summed E-state index contributed by atoms with van der Waals surface area (Å²) in [5.41, 5.74) is 0. The Morgan fingerprint density at radius 2 is 2.16 bits per heavy atom. The number of carboxylic acid groups (broad SMARTS) is 1. The van der Waals surface area contributed by atoms with E-state index < -0.39 is 5.97 Å². The van der Waals surface area contributed by atoms with Crippen molar-refractivity contribution in [3.05, 3.63) is 17.9 Å². The number of aliphatic hydroxyl groups excluding tert-OH is 1. The van der Waals surface area contributed by atoms with Crippen LogP contribution in [0.4, 0.5) is 5.88 Å². The molecule has 0 bridgehead atoms. The van der Waals surface area contributed by atoms with Crippen LogP contribution in [0.25, 0.3) is 0 Å². The lowest BCUT2D eigenvalue weighted by atomic mass is 9.97. The molecule has 0 spiro atoms. The molecule has 0 aromatic carbocycles. The molecule has 3 N–H and O–H groups in total. The van der Waals surface area contributed by atoms with Gasteiger partial charge in [0.05, 0.1) is 19.1 Å². The zero-order valence-electron chi connectivity index (χ0n) is 10.8. The van der Waals surface area contributed by atoms with E-state index in [1.165, 1.54) is 0 Å². The van der Waals surface area contributed by atoms with Crippen LogP contribution in [0.15, 0.2) is 16.5 Å². The SMILES string of the molecule is O=C(O)C1CCN(c2ccc(CNCCO)o2)CC1. The van der Waals surface area contributed by atoms with Crippen molar-refractivity contribution in [3.8, 4) is 0 Å². The highest BCUT2D eigenvalue weighted by Crippen LogP contribution is 2.25. The van der Waals surface area contributed by atoms with Crippen LogP contribution in [0.3, 0.4) is 0 Å². The molecule has 2 heterocycles. The Labute approximate surface area is 112 Å². The van der Waals surface area contributed by atoms with Gasteiger partial charge in [0.2, 0.25) is 0 Å². The van der Waals surface area contributed by atoms with Crippen molar-refractivity contribution in [1.82, 2.24) is 5.32 Å². The molecule has 1 fully saturated rings. The summed E-state index contributed by atoms with van der Waals surface area (Å²) >= 11 is 0. The summed E-state index contributed by atoms with van der Waals surface area (Å²) < 4.78 is 5.70. The van der Waals surface area contributed by atoms with Crippen molar-refractivity contribution in [1.29, 1.82) is 0 Å². The molecule has 19 heavy (non-hydrogen) atoms. The van der Waals surface area contributed by atoms with Crippen LogP contribution in [0.2, 0.25) is 0 Å². The number of carbonyl (C=O) groups is 1. The van der Waals surface area contributed by atoms with E-state index in [0.717, 1.165) is 11.6 Å². The first kappa shape index (κ1) is 13.9.